The molecule has 4 rings (SSSR count). The van der Waals surface area contributed by atoms with Crippen LogP contribution in [-0.4, -0.2) is 32.2 Å². The molecule has 3 N–H and O–H groups in total. The molecule has 10 heteroatoms. The maximum Gasteiger partial charge on any atom is 0.391 e. The van der Waals surface area contributed by atoms with Gasteiger partial charge in [-0.25, -0.2) is 4.98 Å². The Balaban J connectivity index is 1.79. The maximum atomic E-state index is 12.0. The smallest absolute Gasteiger partial charge is 0.391 e. The normalized spacial score (nSPS) is 11.8. The number of furan rings is 1. The third kappa shape index (κ3) is 4.18. The number of methoxy groups -OCH3 is 1. The van der Waals surface area contributed by atoms with Crippen LogP contribution < -0.4 is 15.6 Å². The molecule has 0 bridgehead atoms. The first-order valence-electron chi connectivity index (χ1n) is 9.81. The van der Waals surface area contributed by atoms with Crippen LogP contribution in [0.25, 0.3) is 28.2 Å². The van der Waals surface area contributed by atoms with E-state index in [1.165, 1.54) is 19.2 Å². The second-order valence-corrected chi connectivity index (χ2v) is 9.04. The van der Waals surface area contributed by atoms with E-state index in [1.807, 2.05) is 48.6 Å². The lowest BCUT2D eigenvalue weighted by Gasteiger charge is -2.11. The Labute approximate surface area is 183 Å². The molecular formula is C22H22N3O6P. The highest BCUT2D eigenvalue weighted by atomic mass is 31.2. The van der Waals surface area contributed by atoms with Gasteiger partial charge in [-0.3, -0.25) is 13.8 Å². The van der Waals surface area contributed by atoms with E-state index >= 15 is 0 Å². The first kappa shape index (κ1) is 21.8. The highest BCUT2D eigenvalue weighted by molar-refractivity contribution is 7.59. The number of amides is 1. The van der Waals surface area contributed by atoms with Crippen molar-refractivity contribution in [2.75, 3.05) is 12.4 Å². The Morgan fingerprint density at radius 3 is 2.62 bits per heavy atom. The Hall–Kier alpha value is -3.39. The summed E-state index contributed by atoms with van der Waals surface area (Å²) in [6.07, 6.45) is 1.74. The van der Waals surface area contributed by atoms with E-state index in [2.05, 4.69) is 10.3 Å². The Kier molecular flexibility index (Phi) is 5.64. The van der Waals surface area contributed by atoms with Crippen LogP contribution in [0.15, 0.2) is 59.1 Å². The fourth-order valence-electron chi connectivity index (χ4n) is 3.27. The fraction of sp³-hybridized carbons (Fsp3) is 0.182. The van der Waals surface area contributed by atoms with E-state index in [4.69, 9.17) is 9.15 Å². The van der Waals surface area contributed by atoms with E-state index in [9.17, 15) is 19.1 Å². The summed E-state index contributed by atoms with van der Waals surface area (Å²) < 4.78 is 24.2. The van der Waals surface area contributed by atoms with Gasteiger partial charge < -0.3 is 24.3 Å². The van der Waals surface area contributed by atoms with Gasteiger partial charge >= 0.3 is 7.60 Å². The minimum atomic E-state index is -4.51. The van der Waals surface area contributed by atoms with E-state index in [-0.39, 0.29) is 17.6 Å². The van der Waals surface area contributed by atoms with Crippen LogP contribution in [0.1, 0.15) is 13.8 Å². The molecule has 1 aromatic carbocycles. The third-order valence-electron chi connectivity index (χ3n) is 4.91. The zero-order valence-corrected chi connectivity index (χ0v) is 18.5. The van der Waals surface area contributed by atoms with Gasteiger partial charge in [0, 0.05) is 5.92 Å². The molecule has 0 aliphatic rings. The molecule has 1 amide bonds. The summed E-state index contributed by atoms with van der Waals surface area (Å²) in [6.45, 7) is 3.61. The number of hydrogen-bond donors (Lipinski definition) is 3. The summed E-state index contributed by atoms with van der Waals surface area (Å²) in [4.78, 5) is 35.3. The summed E-state index contributed by atoms with van der Waals surface area (Å²) in [5.41, 5.74) is 2.36. The molecule has 4 aromatic rings. The van der Waals surface area contributed by atoms with E-state index < -0.39 is 13.1 Å². The molecule has 166 valence electrons. The maximum absolute atomic E-state index is 12.0. The molecule has 0 saturated heterocycles. The van der Waals surface area contributed by atoms with Gasteiger partial charge in [0.05, 0.1) is 24.6 Å². The van der Waals surface area contributed by atoms with E-state index in [1.54, 1.807) is 12.3 Å². The number of rotatable bonds is 6. The minimum absolute atomic E-state index is 0.125. The van der Waals surface area contributed by atoms with Crippen molar-refractivity contribution in [3.8, 4) is 28.3 Å². The lowest BCUT2D eigenvalue weighted by Crippen LogP contribution is -2.17. The third-order valence-corrected chi connectivity index (χ3v) is 5.72. The van der Waals surface area contributed by atoms with Crippen molar-refractivity contribution in [1.29, 1.82) is 0 Å². The molecule has 0 unspecified atom stereocenters. The summed E-state index contributed by atoms with van der Waals surface area (Å²) in [6, 6.07) is 13.7. The number of pyridine rings is 1. The quantitative estimate of drug-likeness (QED) is 0.379. The molecule has 0 aliphatic heterocycles. The number of ether oxygens (including phenoxy) is 1. The lowest BCUT2D eigenvalue weighted by atomic mass is 10.0. The summed E-state index contributed by atoms with van der Waals surface area (Å²) >= 11 is 0. The molecule has 0 radical (unpaired) electrons. The predicted molar refractivity (Wildman–Crippen MR) is 120 cm³/mol. The predicted octanol–water partition coefficient (Wildman–Crippen LogP) is 3.67. The van der Waals surface area contributed by atoms with E-state index in [0.29, 0.717) is 22.8 Å². The van der Waals surface area contributed by atoms with Gasteiger partial charge in [0.2, 0.25) is 11.4 Å². The number of fused-ring (bicyclic) bond motifs is 1. The Morgan fingerprint density at radius 1 is 1.19 bits per heavy atom. The summed E-state index contributed by atoms with van der Waals surface area (Å²) in [7, 11) is -3.01. The van der Waals surface area contributed by atoms with E-state index in [0.717, 1.165) is 11.3 Å². The number of aromatic nitrogens is 2. The second kappa shape index (κ2) is 8.27. The average molecular weight is 455 g/mol. The van der Waals surface area contributed by atoms with Crippen LogP contribution >= 0.6 is 7.60 Å². The number of carbonyl (C=O) groups is 1. The van der Waals surface area contributed by atoms with Crippen molar-refractivity contribution in [2.45, 2.75) is 13.8 Å². The van der Waals surface area contributed by atoms with Gasteiger partial charge in [0.1, 0.15) is 17.2 Å². The molecule has 0 atom stereocenters. The fourth-order valence-corrected chi connectivity index (χ4v) is 3.75. The standard InChI is InChI=1S/C22H22N3O6P/c1-13(2)22(26)24-19-12-25-16(5-4-6-20(25)23-19)14-7-8-17(30-3)15(11-14)18-9-10-21(31-18)32(27,28)29/h4-13H,1-3H3,(H,24,26)(H2,27,28,29). The van der Waals surface area contributed by atoms with Crippen molar-refractivity contribution in [3.05, 3.63) is 54.7 Å². The Morgan fingerprint density at radius 2 is 1.97 bits per heavy atom. The molecule has 0 aliphatic carbocycles. The highest BCUT2D eigenvalue weighted by Gasteiger charge is 2.23. The van der Waals surface area contributed by atoms with Crippen molar-refractivity contribution in [2.24, 2.45) is 5.92 Å². The monoisotopic (exact) mass is 455 g/mol. The van der Waals surface area contributed by atoms with Crippen LogP contribution in [0.5, 0.6) is 5.75 Å². The number of carbonyl (C=O) groups excluding carboxylic acids is 1. The number of imidazole rings is 1. The Bertz CT molecular complexity index is 1350. The van der Waals surface area contributed by atoms with Gasteiger partial charge in [0.15, 0.2) is 5.82 Å². The minimum Gasteiger partial charge on any atom is -0.496 e. The number of nitrogens with one attached hydrogen (secondary N) is 1. The van der Waals surface area contributed by atoms with Gasteiger partial charge in [-0.1, -0.05) is 19.9 Å². The van der Waals surface area contributed by atoms with Crippen LogP contribution in [-0.2, 0) is 9.36 Å². The zero-order chi connectivity index (χ0) is 23.0. The van der Waals surface area contributed by atoms with Crippen molar-refractivity contribution >= 4 is 30.5 Å². The first-order valence-corrected chi connectivity index (χ1v) is 11.4. The molecule has 3 aromatic heterocycles. The number of hydrogen-bond acceptors (Lipinski definition) is 5. The molecule has 3 heterocycles. The summed E-state index contributed by atoms with van der Waals surface area (Å²) in [5, 5.41) is 2.80. The number of nitrogens with zero attached hydrogens (tertiary/aromatic N) is 2. The van der Waals surface area contributed by atoms with Crippen LogP contribution in [0, 0.1) is 5.92 Å². The largest absolute Gasteiger partial charge is 0.496 e. The molecule has 0 saturated carbocycles. The van der Waals surface area contributed by atoms with Crippen molar-refractivity contribution < 1.29 is 28.3 Å². The SMILES string of the molecule is COc1ccc(-c2cccc3nc(NC(=O)C(C)C)cn23)cc1-c1ccc(P(=O)(O)O)o1. The highest BCUT2D eigenvalue weighted by Crippen LogP contribution is 2.39. The van der Waals surface area contributed by atoms with Gasteiger partial charge in [-0.05, 0) is 48.0 Å². The average Bonchev–Trinajstić information content (AvgIpc) is 3.39. The molecule has 0 spiro atoms. The molecule has 9 nitrogen and oxygen atoms in total. The zero-order valence-electron chi connectivity index (χ0n) is 17.6. The first-order chi connectivity index (χ1) is 15.2. The molecular weight excluding hydrogens is 433 g/mol. The van der Waals surface area contributed by atoms with Gasteiger partial charge in [0.25, 0.3) is 0 Å². The summed E-state index contributed by atoms with van der Waals surface area (Å²) in [5.74, 6) is 0.908. The van der Waals surface area contributed by atoms with Crippen molar-refractivity contribution in [3.63, 3.8) is 0 Å². The molecule has 32 heavy (non-hydrogen) atoms. The van der Waals surface area contributed by atoms with Gasteiger partial charge in [-0.2, -0.15) is 0 Å². The van der Waals surface area contributed by atoms with Gasteiger partial charge in [-0.15, -0.1) is 0 Å². The number of benzene rings is 1. The lowest BCUT2D eigenvalue weighted by molar-refractivity contribution is -0.118. The van der Waals surface area contributed by atoms with Crippen LogP contribution in [0.2, 0.25) is 0 Å². The van der Waals surface area contributed by atoms with Crippen LogP contribution in [0.4, 0.5) is 5.82 Å². The van der Waals surface area contributed by atoms with Crippen molar-refractivity contribution in [1.82, 2.24) is 9.38 Å². The number of anilines is 1. The van der Waals surface area contributed by atoms with Crippen LogP contribution in [0.3, 0.4) is 0 Å². The topological polar surface area (TPSA) is 126 Å². The second-order valence-electron chi connectivity index (χ2n) is 7.51. The molecule has 0 fully saturated rings.